The van der Waals surface area contributed by atoms with Gasteiger partial charge in [0.1, 0.15) is 0 Å². The molecule has 1 unspecified atom stereocenters. The molecule has 3 rings (SSSR count). The lowest BCUT2D eigenvalue weighted by atomic mass is 9.99. The summed E-state index contributed by atoms with van der Waals surface area (Å²) < 4.78 is 10.7. The summed E-state index contributed by atoms with van der Waals surface area (Å²) >= 11 is 2.05. The molecule has 0 radical (unpaired) electrons. The first-order valence-electron chi connectivity index (χ1n) is 6.05. The van der Waals surface area contributed by atoms with Crippen LogP contribution in [0.15, 0.2) is 42.5 Å². The number of halogens is 1. The van der Waals surface area contributed by atoms with E-state index in [0.717, 1.165) is 16.9 Å². The fraction of sp³-hybridized carbons (Fsp3) is 0.133. The highest BCUT2D eigenvalue weighted by molar-refractivity contribution is 14.1. The number of carboxylic acid groups (broad SMARTS) is 1. The number of benzene rings is 2. The average Bonchev–Trinajstić information content (AvgIpc) is 2.78. The number of aromatic carboxylic acids is 1. The maximum absolute atomic E-state index is 11.2. The van der Waals surface area contributed by atoms with Crippen molar-refractivity contribution in [2.24, 2.45) is 0 Å². The van der Waals surface area contributed by atoms with Crippen LogP contribution >= 0.6 is 22.6 Å². The van der Waals surface area contributed by atoms with E-state index in [1.54, 1.807) is 12.1 Å². The molecule has 20 heavy (non-hydrogen) atoms. The summed E-state index contributed by atoms with van der Waals surface area (Å²) in [7, 11) is 0. The van der Waals surface area contributed by atoms with Gasteiger partial charge in [0.15, 0.2) is 11.5 Å². The second-order valence-corrected chi connectivity index (χ2v) is 5.45. The van der Waals surface area contributed by atoms with Crippen molar-refractivity contribution in [1.29, 1.82) is 0 Å². The monoisotopic (exact) mass is 382 g/mol. The summed E-state index contributed by atoms with van der Waals surface area (Å²) in [6.45, 7) is 0. The third kappa shape index (κ3) is 2.58. The topological polar surface area (TPSA) is 55.8 Å². The first kappa shape index (κ1) is 13.2. The van der Waals surface area contributed by atoms with Crippen LogP contribution in [-0.2, 0) is 6.42 Å². The molecule has 1 aliphatic heterocycles. The highest BCUT2D eigenvalue weighted by atomic mass is 127. The molecule has 0 aromatic heterocycles. The van der Waals surface area contributed by atoms with Crippen molar-refractivity contribution in [3.63, 3.8) is 0 Å². The second-order valence-electron chi connectivity index (χ2n) is 4.43. The molecule has 0 bridgehead atoms. The Balaban J connectivity index is 1.89. The van der Waals surface area contributed by atoms with Gasteiger partial charge in [0.25, 0.3) is 4.30 Å². The van der Waals surface area contributed by atoms with Crippen molar-refractivity contribution < 1.29 is 19.4 Å². The summed E-state index contributed by atoms with van der Waals surface area (Å²) in [6, 6.07) is 12.7. The standard InChI is InChI=1S/C15H11IO4/c16-15-19-12-6-5-9(8-13(12)20-15)7-10-3-1-2-4-11(10)14(17)18/h1-6,8,15H,7H2,(H,17,18). The Morgan fingerprint density at radius 1 is 1.15 bits per heavy atom. The highest BCUT2D eigenvalue weighted by Gasteiger charge is 2.21. The average molecular weight is 382 g/mol. The zero-order valence-corrected chi connectivity index (χ0v) is 12.5. The number of alkyl halides is 1. The molecule has 0 saturated carbocycles. The van der Waals surface area contributed by atoms with Gasteiger partial charge in [-0.1, -0.05) is 24.3 Å². The van der Waals surface area contributed by atoms with Gasteiger partial charge >= 0.3 is 5.97 Å². The third-order valence-corrected chi connectivity index (χ3v) is 3.60. The number of carbonyl (C=O) groups is 1. The van der Waals surface area contributed by atoms with Crippen LogP contribution in [0.5, 0.6) is 11.5 Å². The van der Waals surface area contributed by atoms with Gasteiger partial charge in [-0.25, -0.2) is 4.79 Å². The molecule has 0 fully saturated rings. The van der Waals surface area contributed by atoms with Crippen molar-refractivity contribution in [3.05, 3.63) is 59.2 Å². The molecule has 102 valence electrons. The van der Waals surface area contributed by atoms with E-state index in [9.17, 15) is 9.90 Å². The Morgan fingerprint density at radius 2 is 1.90 bits per heavy atom. The van der Waals surface area contributed by atoms with Crippen LogP contribution in [0, 0.1) is 0 Å². The highest BCUT2D eigenvalue weighted by Crippen LogP contribution is 2.37. The van der Waals surface area contributed by atoms with Gasteiger partial charge in [-0.2, -0.15) is 0 Å². The SMILES string of the molecule is O=C(O)c1ccccc1Cc1ccc2c(c1)OC(I)O2. The smallest absolute Gasteiger partial charge is 0.335 e. The molecule has 5 heteroatoms. The zero-order chi connectivity index (χ0) is 14.1. The first-order chi connectivity index (χ1) is 9.63. The Bertz CT molecular complexity index is 669. The van der Waals surface area contributed by atoms with Crippen LogP contribution in [0.1, 0.15) is 21.5 Å². The Morgan fingerprint density at radius 3 is 2.70 bits per heavy atom. The lowest BCUT2D eigenvalue weighted by Crippen LogP contribution is -2.06. The number of fused-ring (bicyclic) bond motifs is 1. The summed E-state index contributed by atoms with van der Waals surface area (Å²) in [5.41, 5.74) is 2.10. The van der Waals surface area contributed by atoms with Gasteiger partial charge in [-0.15, -0.1) is 0 Å². The molecule has 2 aromatic rings. The van der Waals surface area contributed by atoms with E-state index in [4.69, 9.17) is 9.47 Å². The molecule has 1 N–H and O–H groups in total. The fourth-order valence-corrected chi connectivity index (χ4v) is 2.73. The number of hydrogen-bond acceptors (Lipinski definition) is 3. The summed E-state index contributed by atoms with van der Waals surface area (Å²) in [6.07, 6.45) is 0.547. The molecular formula is C15H11IO4. The maximum Gasteiger partial charge on any atom is 0.335 e. The van der Waals surface area contributed by atoms with Gasteiger partial charge in [0.05, 0.1) is 5.56 Å². The minimum atomic E-state index is -0.909. The minimum Gasteiger partial charge on any atom is -0.478 e. The van der Waals surface area contributed by atoms with E-state index in [1.165, 1.54) is 0 Å². The molecule has 0 aliphatic carbocycles. The lowest BCUT2D eigenvalue weighted by molar-refractivity contribution is 0.0696. The van der Waals surface area contributed by atoms with Crippen LogP contribution in [0.2, 0.25) is 0 Å². The van der Waals surface area contributed by atoms with E-state index in [-0.39, 0.29) is 4.30 Å². The molecule has 4 nitrogen and oxygen atoms in total. The van der Waals surface area contributed by atoms with E-state index in [1.807, 2.05) is 30.3 Å². The summed E-state index contributed by atoms with van der Waals surface area (Å²) in [4.78, 5) is 11.2. The third-order valence-electron chi connectivity index (χ3n) is 3.09. The van der Waals surface area contributed by atoms with E-state index < -0.39 is 5.97 Å². The number of rotatable bonds is 3. The number of hydrogen-bond donors (Lipinski definition) is 1. The van der Waals surface area contributed by atoms with Gasteiger partial charge in [0.2, 0.25) is 0 Å². The normalized spacial score (nSPS) is 16.1. The predicted molar refractivity (Wildman–Crippen MR) is 81.7 cm³/mol. The lowest BCUT2D eigenvalue weighted by Gasteiger charge is -2.06. The Labute approximate surface area is 129 Å². The van der Waals surface area contributed by atoms with Crippen molar-refractivity contribution in [3.8, 4) is 11.5 Å². The van der Waals surface area contributed by atoms with Gasteiger partial charge in [-0.05, 0) is 35.7 Å². The van der Waals surface area contributed by atoms with Gasteiger partial charge in [-0.3, -0.25) is 0 Å². The molecule has 0 amide bonds. The number of ether oxygens (including phenoxy) is 2. The van der Waals surface area contributed by atoms with Crippen LogP contribution in [0.25, 0.3) is 0 Å². The first-order valence-corrected chi connectivity index (χ1v) is 7.29. The molecule has 2 aromatic carbocycles. The van der Waals surface area contributed by atoms with Gasteiger partial charge < -0.3 is 14.6 Å². The second kappa shape index (κ2) is 5.32. The van der Waals surface area contributed by atoms with Crippen LogP contribution in [-0.4, -0.2) is 15.4 Å². The molecule has 1 aliphatic rings. The van der Waals surface area contributed by atoms with Crippen molar-refractivity contribution >= 4 is 28.6 Å². The minimum absolute atomic E-state index is 0.302. The summed E-state index contributed by atoms with van der Waals surface area (Å²) in [5, 5.41) is 9.19. The molecule has 0 saturated heterocycles. The van der Waals surface area contributed by atoms with E-state index in [0.29, 0.717) is 17.7 Å². The van der Waals surface area contributed by atoms with Crippen LogP contribution in [0.4, 0.5) is 0 Å². The number of carboxylic acids is 1. The Kier molecular flexibility index (Phi) is 3.52. The maximum atomic E-state index is 11.2. The van der Waals surface area contributed by atoms with Crippen molar-refractivity contribution in [1.82, 2.24) is 0 Å². The largest absolute Gasteiger partial charge is 0.478 e. The van der Waals surface area contributed by atoms with Gasteiger partial charge in [0, 0.05) is 22.6 Å². The molecule has 1 atom stereocenters. The Hall–Kier alpha value is -1.76. The zero-order valence-electron chi connectivity index (χ0n) is 10.4. The van der Waals surface area contributed by atoms with Crippen LogP contribution in [0.3, 0.4) is 0 Å². The molecule has 0 spiro atoms. The summed E-state index contributed by atoms with van der Waals surface area (Å²) in [5.74, 6) is 0.517. The van der Waals surface area contributed by atoms with E-state index in [2.05, 4.69) is 22.6 Å². The quantitative estimate of drug-likeness (QED) is 0.653. The van der Waals surface area contributed by atoms with E-state index >= 15 is 0 Å². The molecule has 1 heterocycles. The van der Waals surface area contributed by atoms with Crippen molar-refractivity contribution in [2.75, 3.05) is 0 Å². The molecular weight excluding hydrogens is 371 g/mol. The van der Waals surface area contributed by atoms with Crippen molar-refractivity contribution in [2.45, 2.75) is 10.7 Å². The fourth-order valence-electron chi connectivity index (χ4n) is 2.18. The predicted octanol–water partition coefficient (Wildman–Crippen LogP) is 3.47. The van der Waals surface area contributed by atoms with Crippen LogP contribution < -0.4 is 9.47 Å².